The lowest BCUT2D eigenvalue weighted by molar-refractivity contribution is -0.120. The van der Waals surface area contributed by atoms with Crippen LogP contribution in [-0.4, -0.2) is 34.3 Å². The second kappa shape index (κ2) is 9.84. The Kier molecular flexibility index (Phi) is 5.97. The molecule has 0 saturated heterocycles. The van der Waals surface area contributed by atoms with E-state index < -0.39 is 0 Å². The number of H-pyrrole nitrogens is 1. The first kappa shape index (κ1) is 25.5. The number of hydrogen-bond acceptors (Lipinski definition) is 5. The van der Waals surface area contributed by atoms with Gasteiger partial charge < -0.3 is 20.1 Å². The summed E-state index contributed by atoms with van der Waals surface area (Å²) in [4.78, 5) is 33.4. The highest BCUT2D eigenvalue weighted by molar-refractivity contribution is 5.95. The van der Waals surface area contributed by atoms with E-state index in [9.17, 15) is 18.4 Å². The molecular weight excluding hydrogens is 538 g/mol. The largest absolute Gasteiger partial charge is 0.350 e. The molecule has 0 spiro atoms. The highest BCUT2D eigenvalue weighted by Crippen LogP contribution is 2.37. The Bertz CT molecular complexity index is 2060. The molecule has 1 amide bonds. The maximum atomic E-state index is 14.2. The number of aromatic amines is 1. The van der Waals surface area contributed by atoms with Gasteiger partial charge in [0.15, 0.2) is 0 Å². The van der Waals surface area contributed by atoms with Gasteiger partial charge in [0.1, 0.15) is 18.2 Å². The Labute approximate surface area is 238 Å². The number of halogens is 2. The molecule has 4 aliphatic rings. The van der Waals surface area contributed by atoms with Gasteiger partial charge in [-0.05, 0) is 66.7 Å². The van der Waals surface area contributed by atoms with E-state index in [4.69, 9.17) is 0 Å². The van der Waals surface area contributed by atoms with E-state index in [-0.39, 0.29) is 29.6 Å². The number of fused-ring (bicyclic) bond motifs is 2. The van der Waals surface area contributed by atoms with E-state index in [0.717, 1.165) is 22.3 Å². The number of carbonyl (C=O) groups is 1. The Morgan fingerprint density at radius 2 is 1.83 bits per heavy atom. The maximum Gasteiger partial charge on any atom is 0.258 e. The van der Waals surface area contributed by atoms with Crippen LogP contribution in [0.1, 0.15) is 0 Å². The fraction of sp³-hybridized carbons (Fsp3) is 0.0938. The lowest BCUT2D eigenvalue weighted by atomic mass is 10.0. The Balaban J connectivity index is 1.28. The summed E-state index contributed by atoms with van der Waals surface area (Å²) in [5, 5.41) is 8.73. The van der Waals surface area contributed by atoms with Gasteiger partial charge in [0.2, 0.25) is 5.91 Å². The van der Waals surface area contributed by atoms with Gasteiger partial charge in [-0.2, -0.15) is 5.10 Å². The Morgan fingerprint density at radius 1 is 1.02 bits per heavy atom. The summed E-state index contributed by atoms with van der Waals surface area (Å²) >= 11 is 0. The van der Waals surface area contributed by atoms with Gasteiger partial charge in [-0.3, -0.25) is 14.3 Å². The number of anilines is 3. The highest BCUT2D eigenvalue weighted by Gasteiger charge is 2.28. The molecule has 208 valence electrons. The van der Waals surface area contributed by atoms with Crippen LogP contribution < -0.4 is 31.2 Å². The van der Waals surface area contributed by atoms with Crippen LogP contribution in [0.4, 0.5) is 25.8 Å². The van der Waals surface area contributed by atoms with Crippen LogP contribution in [0.3, 0.4) is 0 Å². The summed E-state index contributed by atoms with van der Waals surface area (Å²) in [6.07, 6.45) is 7.14. The first-order chi connectivity index (χ1) is 20.4. The minimum absolute atomic E-state index is 0.0923. The van der Waals surface area contributed by atoms with Crippen LogP contribution in [-0.2, 0) is 11.3 Å². The lowest BCUT2D eigenvalue weighted by Crippen LogP contribution is -2.33. The van der Waals surface area contributed by atoms with Crippen molar-refractivity contribution in [2.24, 2.45) is 0 Å². The molecule has 3 aliphatic heterocycles. The zero-order valence-corrected chi connectivity index (χ0v) is 22.4. The summed E-state index contributed by atoms with van der Waals surface area (Å²) in [7, 11) is 1.85. The van der Waals surface area contributed by atoms with Crippen molar-refractivity contribution in [3.05, 3.63) is 118 Å². The average Bonchev–Trinajstić information content (AvgIpc) is 3.51. The summed E-state index contributed by atoms with van der Waals surface area (Å²) in [5.41, 5.74) is 4.54. The molecule has 2 N–H and O–H groups in total. The van der Waals surface area contributed by atoms with Crippen LogP contribution in [0.5, 0.6) is 0 Å². The Hall–Kier alpha value is -5.51. The van der Waals surface area contributed by atoms with Gasteiger partial charge in [0.05, 0.1) is 28.3 Å². The monoisotopic (exact) mass is 562 g/mol. The van der Waals surface area contributed by atoms with Crippen LogP contribution in [0.25, 0.3) is 34.2 Å². The zero-order chi connectivity index (χ0) is 29.0. The van der Waals surface area contributed by atoms with Crippen molar-refractivity contribution in [1.29, 1.82) is 0 Å². The molecule has 42 heavy (non-hydrogen) atoms. The van der Waals surface area contributed by atoms with E-state index >= 15 is 0 Å². The number of nitrogens with zero attached hydrogens (tertiary/aromatic N) is 4. The number of benzene rings is 2. The SMILES string of the molecule is CN1C=CC(NC(=O)Cn2ccc(-c3ccccc3F)n2)=c2ccc3c4c([nH]c(=O)c-4c21)=CCN3c1ccc(F)cc1. The van der Waals surface area contributed by atoms with Gasteiger partial charge in [0, 0.05) is 53.4 Å². The normalized spacial score (nSPS) is 13.7. The summed E-state index contributed by atoms with van der Waals surface area (Å²) < 4.78 is 29.3. The van der Waals surface area contributed by atoms with Crippen LogP contribution in [0, 0.1) is 11.6 Å². The maximum absolute atomic E-state index is 14.2. The fourth-order valence-corrected chi connectivity index (χ4v) is 5.61. The van der Waals surface area contributed by atoms with Crippen LogP contribution in [0.15, 0.2) is 90.0 Å². The van der Waals surface area contributed by atoms with E-state index in [2.05, 4.69) is 15.4 Å². The first-order valence-electron chi connectivity index (χ1n) is 13.3. The van der Waals surface area contributed by atoms with Crippen molar-refractivity contribution in [3.63, 3.8) is 0 Å². The predicted octanol–water partition coefficient (Wildman–Crippen LogP) is 3.44. The van der Waals surface area contributed by atoms with Gasteiger partial charge in [-0.15, -0.1) is 0 Å². The molecule has 0 bridgehead atoms. The summed E-state index contributed by atoms with van der Waals surface area (Å²) in [5.74, 6) is -1.05. The predicted molar refractivity (Wildman–Crippen MR) is 158 cm³/mol. The molecule has 2 aromatic carbocycles. The van der Waals surface area contributed by atoms with Crippen LogP contribution >= 0.6 is 0 Å². The molecule has 0 saturated carbocycles. The van der Waals surface area contributed by atoms with Gasteiger partial charge in [-0.25, -0.2) is 8.78 Å². The molecule has 0 radical (unpaired) electrons. The minimum Gasteiger partial charge on any atom is -0.350 e. The molecule has 8 nitrogen and oxygen atoms in total. The number of carbonyl (C=O) groups excluding carboxylic acids is 1. The van der Waals surface area contributed by atoms with Gasteiger partial charge in [-0.1, -0.05) is 12.1 Å². The zero-order valence-electron chi connectivity index (χ0n) is 22.4. The average molecular weight is 563 g/mol. The lowest BCUT2D eigenvalue weighted by Gasteiger charge is -2.27. The van der Waals surface area contributed by atoms with Crippen molar-refractivity contribution in [1.82, 2.24) is 20.1 Å². The van der Waals surface area contributed by atoms with Crippen LogP contribution in [0.2, 0.25) is 0 Å². The summed E-state index contributed by atoms with van der Waals surface area (Å²) in [6, 6.07) is 18.0. The van der Waals surface area contributed by atoms with Gasteiger partial charge >= 0.3 is 0 Å². The van der Waals surface area contributed by atoms with E-state index in [0.29, 0.717) is 40.0 Å². The van der Waals surface area contributed by atoms with Gasteiger partial charge in [0.25, 0.3) is 5.56 Å². The number of aromatic nitrogens is 3. The van der Waals surface area contributed by atoms with Crippen molar-refractivity contribution in [3.8, 4) is 22.4 Å². The number of hydrogen-bond donors (Lipinski definition) is 2. The van der Waals surface area contributed by atoms with Crippen molar-refractivity contribution in [2.45, 2.75) is 6.54 Å². The van der Waals surface area contributed by atoms with Crippen molar-refractivity contribution in [2.75, 3.05) is 23.4 Å². The third-order valence-corrected chi connectivity index (χ3v) is 7.54. The highest BCUT2D eigenvalue weighted by atomic mass is 19.1. The molecule has 10 heteroatoms. The van der Waals surface area contributed by atoms with Crippen molar-refractivity contribution < 1.29 is 13.6 Å². The van der Waals surface area contributed by atoms with E-state index in [1.54, 1.807) is 54.9 Å². The molecule has 7 rings (SSSR count). The first-order valence-corrected chi connectivity index (χ1v) is 13.3. The number of amides is 1. The third-order valence-electron chi connectivity index (χ3n) is 7.54. The third kappa shape index (κ3) is 4.24. The topological polar surface area (TPSA) is 86.3 Å². The molecule has 4 heterocycles. The second-order valence-corrected chi connectivity index (χ2v) is 10.2. The molecule has 0 unspecified atom stereocenters. The molecule has 0 fully saturated rings. The molecule has 1 aromatic heterocycles. The Morgan fingerprint density at radius 3 is 2.64 bits per heavy atom. The second-order valence-electron chi connectivity index (χ2n) is 10.2. The molecule has 3 aromatic rings. The quantitative estimate of drug-likeness (QED) is 0.343. The fourth-order valence-electron chi connectivity index (χ4n) is 5.61. The number of nitrogens with one attached hydrogen (secondary N) is 2. The standard InChI is InChI=1S/C32H24F2N6O2/c1-38-15-12-24(35-28(41)18-39-16-13-25(37-39)21-4-2-3-5-23(21)34)22-10-11-27-29-26(36-32(42)30(29)31(22)38)14-17-40(27)20-8-6-19(33)7-9-20/h2-16H,17-18H2,1H3,(H,35,41)(H,36,42). The summed E-state index contributed by atoms with van der Waals surface area (Å²) in [6.45, 7) is 0.396. The minimum atomic E-state index is -0.389. The number of rotatable bonds is 5. The van der Waals surface area contributed by atoms with E-state index in [1.807, 2.05) is 35.1 Å². The van der Waals surface area contributed by atoms with E-state index in [1.165, 1.54) is 22.9 Å². The molecule has 0 atom stereocenters. The molecule has 1 aliphatic carbocycles. The van der Waals surface area contributed by atoms with Crippen molar-refractivity contribution >= 4 is 34.7 Å². The smallest absolute Gasteiger partial charge is 0.258 e. The molecular formula is C32H24F2N6O2.